The molecule has 0 bridgehead atoms. The van der Waals surface area contributed by atoms with Gasteiger partial charge in [-0.25, -0.2) is 4.98 Å². The Balaban J connectivity index is 1.39. The first-order chi connectivity index (χ1) is 13.6. The van der Waals surface area contributed by atoms with Gasteiger partial charge in [0.1, 0.15) is 10.5 Å². The molecule has 1 fully saturated rings. The van der Waals surface area contributed by atoms with Crippen LogP contribution in [0.1, 0.15) is 50.5 Å². The number of nitrogens with zero attached hydrogens (tertiary/aromatic N) is 3. The van der Waals surface area contributed by atoms with Crippen LogP contribution in [0.15, 0.2) is 23.4 Å². The van der Waals surface area contributed by atoms with Gasteiger partial charge >= 0.3 is 0 Å². The molecular formula is C20H20N4O3S. The largest absolute Gasteiger partial charge is 0.356 e. The molecule has 1 N–H and O–H groups in total. The Bertz CT molecular complexity index is 1150. The van der Waals surface area contributed by atoms with Gasteiger partial charge in [-0.3, -0.25) is 19.0 Å². The van der Waals surface area contributed by atoms with Crippen molar-refractivity contribution in [3.63, 3.8) is 0 Å². The van der Waals surface area contributed by atoms with Crippen LogP contribution in [0.3, 0.4) is 0 Å². The molecule has 0 radical (unpaired) electrons. The number of hydrogen-bond donors (Lipinski definition) is 1. The van der Waals surface area contributed by atoms with Crippen LogP contribution < -0.4 is 5.56 Å². The number of aromatic amines is 1. The number of carbonyl (C=O) groups is 2. The quantitative estimate of drug-likeness (QED) is 0.686. The van der Waals surface area contributed by atoms with Gasteiger partial charge in [-0.1, -0.05) is 0 Å². The maximum absolute atomic E-state index is 12.9. The number of rotatable bonds is 4. The predicted octanol–water partition coefficient (Wildman–Crippen LogP) is 2.39. The summed E-state index contributed by atoms with van der Waals surface area (Å²) in [6.45, 7) is 1.43. The number of carbonyl (C=O) groups excluding carboxylic acids is 2. The average molecular weight is 396 g/mol. The molecule has 1 saturated heterocycles. The number of Topliss-reactive ketones (excluding diaryl/α,β-unsaturated/α-hetero) is 1. The van der Waals surface area contributed by atoms with Crippen LogP contribution in [0, 0.1) is 0 Å². The van der Waals surface area contributed by atoms with E-state index in [1.165, 1.54) is 15.8 Å². The van der Waals surface area contributed by atoms with Crippen molar-refractivity contribution in [2.24, 2.45) is 0 Å². The summed E-state index contributed by atoms with van der Waals surface area (Å²) in [5, 5.41) is 0.673. The Hall–Kier alpha value is -2.74. The topological polar surface area (TPSA) is 88.1 Å². The van der Waals surface area contributed by atoms with Gasteiger partial charge < -0.3 is 9.88 Å². The summed E-state index contributed by atoms with van der Waals surface area (Å²) in [6.07, 6.45) is 8.02. The summed E-state index contributed by atoms with van der Waals surface area (Å²) >= 11 is 1.59. The van der Waals surface area contributed by atoms with E-state index in [0.29, 0.717) is 16.6 Å². The molecule has 8 heteroatoms. The smallest absolute Gasteiger partial charge is 0.270 e. The minimum Gasteiger partial charge on any atom is -0.356 e. The molecule has 0 spiro atoms. The lowest BCUT2D eigenvalue weighted by Gasteiger charge is -2.13. The van der Waals surface area contributed by atoms with Crippen molar-refractivity contribution in [2.75, 3.05) is 13.1 Å². The number of fused-ring (bicyclic) bond motifs is 3. The van der Waals surface area contributed by atoms with Crippen LogP contribution in [0.2, 0.25) is 0 Å². The number of aryl methyl sites for hydroxylation is 2. The van der Waals surface area contributed by atoms with E-state index in [9.17, 15) is 14.4 Å². The normalized spacial score (nSPS) is 16.1. The van der Waals surface area contributed by atoms with E-state index in [-0.39, 0.29) is 23.8 Å². The van der Waals surface area contributed by atoms with Crippen molar-refractivity contribution < 1.29 is 9.59 Å². The lowest BCUT2D eigenvalue weighted by atomic mass is 10.2. The third-order valence-corrected chi connectivity index (χ3v) is 6.83. The molecule has 2 aliphatic rings. The van der Waals surface area contributed by atoms with Crippen LogP contribution in [0.4, 0.5) is 0 Å². The van der Waals surface area contributed by atoms with E-state index >= 15 is 0 Å². The van der Waals surface area contributed by atoms with Crippen molar-refractivity contribution in [3.8, 4) is 0 Å². The number of thiophene rings is 1. The molecule has 4 heterocycles. The first-order valence-corrected chi connectivity index (χ1v) is 10.4. The maximum Gasteiger partial charge on any atom is 0.270 e. The van der Waals surface area contributed by atoms with Crippen molar-refractivity contribution >= 4 is 33.2 Å². The third-order valence-electron chi connectivity index (χ3n) is 5.63. The summed E-state index contributed by atoms with van der Waals surface area (Å²) < 4.78 is 1.38. The second kappa shape index (κ2) is 6.70. The van der Waals surface area contributed by atoms with E-state index < -0.39 is 0 Å². The molecule has 3 aromatic heterocycles. The highest BCUT2D eigenvalue weighted by atomic mass is 32.1. The predicted molar refractivity (Wildman–Crippen MR) is 106 cm³/mol. The van der Waals surface area contributed by atoms with Gasteiger partial charge in [0.05, 0.1) is 18.3 Å². The Kier molecular flexibility index (Phi) is 4.16. The van der Waals surface area contributed by atoms with Crippen molar-refractivity contribution in [1.82, 2.24) is 19.4 Å². The summed E-state index contributed by atoms with van der Waals surface area (Å²) in [4.78, 5) is 49.2. The Morgan fingerprint density at radius 3 is 2.82 bits per heavy atom. The first-order valence-electron chi connectivity index (χ1n) is 9.62. The zero-order chi connectivity index (χ0) is 19.3. The Morgan fingerprint density at radius 1 is 1.18 bits per heavy atom. The van der Waals surface area contributed by atoms with Gasteiger partial charge in [-0.2, -0.15) is 0 Å². The molecule has 1 amide bonds. The lowest BCUT2D eigenvalue weighted by Crippen LogP contribution is -2.27. The third kappa shape index (κ3) is 2.79. The molecule has 7 nitrogen and oxygen atoms in total. The van der Waals surface area contributed by atoms with E-state index in [2.05, 4.69) is 9.97 Å². The minimum atomic E-state index is -0.216. The van der Waals surface area contributed by atoms with E-state index in [4.69, 9.17) is 0 Å². The number of likely N-dealkylation sites (tertiary alicyclic amines) is 1. The van der Waals surface area contributed by atoms with E-state index in [1.54, 1.807) is 28.5 Å². The number of amides is 1. The molecule has 0 unspecified atom stereocenters. The highest BCUT2D eigenvalue weighted by Crippen LogP contribution is 2.34. The Labute approximate surface area is 165 Å². The molecule has 3 aromatic rings. The lowest BCUT2D eigenvalue weighted by molar-refractivity contribution is 0.0787. The second-order valence-corrected chi connectivity index (χ2v) is 8.52. The summed E-state index contributed by atoms with van der Waals surface area (Å²) in [5.74, 6) is -0.294. The zero-order valence-electron chi connectivity index (χ0n) is 15.4. The van der Waals surface area contributed by atoms with Gasteiger partial charge in [0, 0.05) is 29.7 Å². The van der Waals surface area contributed by atoms with Gasteiger partial charge in [0.25, 0.3) is 11.5 Å². The fourth-order valence-electron chi connectivity index (χ4n) is 4.15. The summed E-state index contributed by atoms with van der Waals surface area (Å²) in [6, 6.07) is 1.59. The van der Waals surface area contributed by atoms with Crippen molar-refractivity contribution in [2.45, 2.75) is 38.6 Å². The highest BCUT2D eigenvalue weighted by Gasteiger charge is 2.23. The van der Waals surface area contributed by atoms with Crippen molar-refractivity contribution in [3.05, 3.63) is 50.6 Å². The standard InChI is InChI=1S/C20H20N4O3S/c25-15(12-8-14(21-9-12)19(26)23-6-1-2-7-23)10-24-11-22-18-17(20(24)27)13-4-3-5-16(13)28-18/h8-9,11,21H,1-7,10H2. The monoisotopic (exact) mass is 396 g/mol. The van der Waals surface area contributed by atoms with Crippen molar-refractivity contribution in [1.29, 1.82) is 0 Å². The second-order valence-electron chi connectivity index (χ2n) is 7.44. The summed E-state index contributed by atoms with van der Waals surface area (Å²) in [7, 11) is 0. The number of nitrogens with one attached hydrogen (secondary N) is 1. The zero-order valence-corrected chi connectivity index (χ0v) is 16.2. The number of H-pyrrole nitrogens is 1. The van der Waals surface area contributed by atoms with Crippen LogP contribution >= 0.6 is 11.3 Å². The molecule has 144 valence electrons. The van der Waals surface area contributed by atoms with Gasteiger partial charge in [-0.15, -0.1) is 11.3 Å². The average Bonchev–Trinajstić information content (AvgIpc) is 3.46. The SMILES string of the molecule is O=C(Cn1cnc2sc3c(c2c1=O)CCC3)c1c[nH]c(C(=O)N2CCCC2)c1. The molecule has 28 heavy (non-hydrogen) atoms. The highest BCUT2D eigenvalue weighted by molar-refractivity contribution is 7.18. The first kappa shape index (κ1) is 17.4. The van der Waals surface area contributed by atoms with Crippen LogP contribution in [-0.2, 0) is 19.4 Å². The number of hydrogen-bond acceptors (Lipinski definition) is 5. The van der Waals surface area contributed by atoms with Crippen LogP contribution in [-0.4, -0.2) is 44.2 Å². The van der Waals surface area contributed by atoms with Crippen LogP contribution in [0.5, 0.6) is 0 Å². The van der Waals surface area contributed by atoms with Gasteiger partial charge in [0.2, 0.25) is 0 Å². The fourth-order valence-corrected chi connectivity index (χ4v) is 5.37. The van der Waals surface area contributed by atoms with Crippen LogP contribution in [0.25, 0.3) is 10.2 Å². The molecule has 0 saturated carbocycles. The summed E-state index contributed by atoms with van der Waals surface area (Å²) in [5.41, 5.74) is 1.79. The molecule has 5 rings (SSSR count). The minimum absolute atomic E-state index is 0.0781. The van der Waals surface area contributed by atoms with E-state index in [1.807, 2.05) is 0 Å². The molecule has 0 atom stereocenters. The fraction of sp³-hybridized carbons (Fsp3) is 0.400. The Morgan fingerprint density at radius 2 is 2.00 bits per heavy atom. The molecular weight excluding hydrogens is 376 g/mol. The maximum atomic E-state index is 12.9. The molecule has 1 aliphatic heterocycles. The van der Waals surface area contributed by atoms with E-state index in [0.717, 1.165) is 55.6 Å². The number of aromatic nitrogens is 3. The van der Waals surface area contributed by atoms with Gasteiger partial charge in [-0.05, 0) is 43.7 Å². The number of ketones is 1. The molecule has 0 aromatic carbocycles. The molecule has 1 aliphatic carbocycles. The van der Waals surface area contributed by atoms with Gasteiger partial charge in [0.15, 0.2) is 5.78 Å².